The van der Waals surface area contributed by atoms with E-state index in [9.17, 15) is 14.4 Å². The molecule has 7 nitrogen and oxygen atoms in total. The number of aromatic nitrogens is 1. The Morgan fingerprint density at radius 3 is 2.19 bits per heavy atom. The molecule has 2 heterocycles. The minimum atomic E-state index is -0.737. The standard InChI is InChI=1S/C34H34ClN3O4/c1-19-10-24(20(2)37(19)29-15-26(35)6-9-30(29)42-3)14-28-31(39)36-33(41)38(32(28)40)27-7-4-25(5-8-27)34-16-21-11-22(17-34)13-23(12-21)18-34/h4-10,14-15,21-23H,11-13,16-18H2,1-3H3,(H,36,39,41)/b28-14+. The SMILES string of the molecule is COc1ccc(Cl)cc1-n1c(C)cc(/C=C2\C(=O)NC(=O)N(c3ccc(C45CC6CC(CC(C6)C4)C5)cc3)C2=O)c1C. The zero-order chi connectivity index (χ0) is 29.3. The van der Waals surface area contributed by atoms with E-state index in [0.717, 1.165) is 39.7 Å². The van der Waals surface area contributed by atoms with Crippen molar-refractivity contribution in [2.75, 3.05) is 12.0 Å². The molecule has 5 fully saturated rings. The summed E-state index contributed by atoms with van der Waals surface area (Å²) in [7, 11) is 1.59. The third-order valence-electron chi connectivity index (χ3n) is 10.0. The molecule has 42 heavy (non-hydrogen) atoms. The van der Waals surface area contributed by atoms with E-state index >= 15 is 0 Å². The number of ether oxygens (including phenoxy) is 1. The fraction of sp³-hybridized carbons (Fsp3) is 0.382. The molecule has 1 saturated heterocycles. The van der Waals surface area contributed by atoms with Crippen LogP contribution in [0.15, 0.2) is 54.1 Å². The highest BCUT2D eigenvalue weighted by atomic mass is 35.5. The number of imide groups is 2. The molecule has 0 atom stereocenters. The Hall–Kier alpha value is -3.84. The van der Waals surface area contributed by atoms with Gasteiger partial charge in [0, 0.05) is 16.4 Å². The van der Waals surface area contributed by atoms with Crippen molar-refractivity contribution in [2.45, 2.75) is 57.8 Å². The van der Waals surface area contributed by atoms with Crippen LogP contribution in [0.4, 0.5) is 10.5 Å². The van der Waals surface area contributed by atoms with Gasteiger partial charge in [-0.05, 0) is 129 Å². The van der Waals surface area contributed by atoms with Crippen LogP contribution in [0.1, 0.15) is 61.0 Å². The van der Waals surface area contributed by atoms with E-state index in [2.05, 4.69) is 17.4 Å². The first-order valence-corrected chi connectivity index (χ1v) is 15.1. The highest BCUT2D eigenvalue weighted by molar-refractivity contribution is 6.39. The van der Waals surface area contributed by atoms with E-state index in [4.69, 9.17) is 16.3 Å². The molecular formula is C34H34ClN3O4. The molecule has 1 aliphatic heterocycles. The van der Waals surface area contributed by atoms with E-state index in [-0.39, 0.29) is 11.0 Å². The molecule has 4 amide bonds. The Bertz CT molecular complexity index is 1630. The van der Waals surface area contributed by atoms with E-state index in [1.54, 1.807) is 25.3 Å². The van der Waals surface area contributed by atoms with Crippen LogP contribution in [0, 0.1) is 31.6 Å². The predicted molar refractivity (Wildman–Crippen MR) is 162 cm³/mol. The van der Waals surface area contributed by atoms with Crippen molar-refractivity contribution in [3.8, 4) is 11.4 Å². The second-order valence-electron chi connectivity index (χ2n) is 12.7. The van der Waals surface area contributed by atoms with Gasteiger partial charge >= 0.3 is 6.03 Å². The Balaban J connectivity index is 1.20. The van der Waals surface area contributed by atoms with Gasteiger partial charge in [-0.25, -0.2) is 9.69 Å². The Labute approximate surface area is 250 Å². The number of nitrogens with zero attached hydrogens (tertiary/aromatic N) is 2. The summed E-state index contributed by atoms with van der Waals surface area (Å²) in [6, 6.07) is 14.4. The maximum atomic E-state index is 13.7. The van der Waals surface area contributed by atoms with Crippen molar-refractivity contribution in [1.29, 1.82) is 0 Å². The molecule has 3 aromatic rings. The fourth-order valence-corrected chi connectivity index (χ4v) is 8.78. The minimum Gasteiger partial charge on any atom is -0.495 e. The van der Waals surface area contributed by atoms with Gasteiger partial charge in [0.2, 0.25) is 0 Å². The van der Waals surface area contributed by atoms with E-state index < -0.39 is 17.8 Å². The van der Waals surface area contributed by atoms with Crippen LogP contribution in [0.25, 0.3) is 11.8 Å². The van der Waals surface area contributed by atoms with Crippen LogP contribution in [0.3, 0.4) is 0 Å². The summed E-state index contributed by atoms with van der Waals surface area (Å²) < 4.78 is 7.52. The van der Waals surface area contributed by atoms with Crippen LogP contribution >= 0.6 is 11.6 Å². The molecule has 4 saturated carbocycles. The minimum absolute atomic E-state index is 0.0990. The first-order valence-electron chi connectivity index (χ1n) is 14.7. The molecule has 0 radical (unpaired) electrons. The zero-order valence-corrected chi connectivity index (χ0v) is 24.8. The molecule has 0 spiro atoms. The second kappa shape index (κ2) is 9.87. The number of nitrogens with one attached hydrogen (secondary N) is 1. The highest BCUT2D eigenvalue weighted by Gasteiger charge is 2.51. The molecule has 0 unspecified atom stereocenters. The van der Waals surface area contributed by atoms with Gasteiger partial charge in [0.25, 0.3) is 11.8 Å². The number of amides is 4. The molecule has 216 valence electrons. The van der Waals surface area contributed by atoms with Crippen LogP contribution in [0.2, 0.25) is 5.02 Å². The third-order valence-corrected chi connectivity index (χ3v) is 10.3. The molecule has 4 aliphatic carbocycles. The average Bonchev–Trinajstić information content (AvgIpc) is 3.22. The first kappa shape index (κ1) is 27.0. The first-order chi connectivity index (χ1) is 20.2. The number of aryl methyl sites for hydroxylation is 1. The number of barbiturate groups is 1. The van der Waals surface area contributed by atoms with Gasteiger partial charge in [-0.3, -0.25) is 14.9 Å². The van der Waals surface area contributed by atoms with Crippen molar-refractivity contribution < 1.29 is 19.1 Å². The Morgan fingerprint density at radius 2 is 1.57 bits per heavy atom. The van der Waals surface area contributed by atoms with Crippen molar-refractivity contribution in [3.05, 3.63) is 81.6 Å². The third kappa shape index (κ3) is 4.28. The number of hydrogen-bond acceptors (Lipinski definition) is 4. The van der Waals surface area contributed by atoms with Crippen LogP contribution in [-0.2, 0) is 15.0 Å². The van der Waals surface area contributed by atoms with Gasteiger partial charge in [-0.15, -0.1) is 0 Å². The lowest BCUT2D eigenvalue weighted by Crippen LogP contribution is -2.54. The normalized spacial score (nSPS) is 27.6. The summed E-state index contributed by atoms with van der Waals surface area (Å²) in [4.78, 5) is 40.7. The maximum absolute atomic E-state index is 13.7. The summed E-state index contributed by atoms with van der Waals surface area (Å²) in [5, 5.41) is 2.92. The van der Waals surface area contributed by atoms with Gasteiger partial charge in [-0.1, -0.05) is 23.7 Å². The van der Waals surface area contributed by atoms with Crippen molar-refractivity contribution in [2.24, 2.45) is 17.8 Å². The number of urea groups is 1. The van der Waals surface area contributed by atoms with Gasteiger partial charge in [0.1, 0.15) is 11.3 Å². The lowest BCUT2D eigenvalue weighted by molar-refractivity contribution is -0.122. The quantitative estimate of drug-likeness (QED) is 0.262. The molecule has 8 heteroatoms. The van der Waals surface area contributed by atoms with Crippen LogP contribution in [0.5, 0.6) is 5.75 Å². The number of halogens is 1. The number of carbonyl (C=O) groups is 3. The van der Waals surface area contributed by atoms with E-state index in [0.29, 0.717) is 22.0 Å². The Morgan fingerprint density at radius 1 is 0.929 bits per heavy atom. The van der Waals surface area contributed by atoms with Crippen molar-refractivity contribution in [3.63, 3.8) is 0 Å². The number of rotatable bonds is 5. The molecular weight excluding hydrogens is 550 g/mol. The highest BCUT2D eigenvalue weighted by Crippen LogP contribution is 2.60. The van der Waals surface area contributed by atoms with Crippen LogP contribution in [-0.4, -0.2) is 29.5 Å². The lowest BCUT2D eigenvalue weighted by atomic mass is 9.48. The molecule has 4 bridgehead atoms. The number of anilines is 1. The van der Waals surface area contributed by atoms with Gasteiger partial charge < -0.3 is 9.30 Å². The van der Waals surface area contributed by atoms with Gasteiger partial charge in [0.05, 0.1) is 18.5 Å². The fourth-order valence-electron chi connectivity index (χ4n) is 8.62. The summed E-state index contributed by atoms with van der Waals surface area (Å²) >= 11 is 6.29. The number of benzene rings is 2. The maximum Gasteiger partial charge on any atom is 0.335 e. The van der Waals surface area contributed by atoms with E-state index in [1.807, 2.05) is 42.7 Å². The summed E-state index contributed by atoms with van der Waals surface area (Å²) in [6.07, 6.45) is 9.39. The van der Waals surface area contributed by atoms with Crippen molar-refractivity contribution >= 4 is 41.2 Å². The molecule has 1 N–H and O–H groups in total. The van der Waals surface area contributed by atoms with E-state index in [1.165, 1.54) is 44.1 Å². The average molecular weight is 584 g/mol. The zero-order valence-electron chi connectivity index (χ0n) is 24.1. The number of methoxy groups -OCH3 is 1. The van der Waals surface area contributed by atoms with Crippen LogP contribution < -0.4 is 15.0 Å². The smallest absolute Gasteiger partial charge is 0.335 e. The summed E-state index contributed by atoms with van der Waals surface area (Å²) in [5.74, 6) is 1.76. The Kier molecular flexibility index (Phi) is 6.35. The monoisotopic (exact) mass is 583 g/mol. The molecule has 2 aromatic carbocycles. The second-order valence-corrected chi connectivity index (χ2v) is 13.1. The number of hydrogen-bond donors (Lipinski definition) is 1. The largest absolute Gasteiger partial charge is 0.495 e. The summed E-state index contributed by atoms with van der Waals surface area (Å²) in [6.45, 7) is 3.83. The summed E-state index contributed by atoms with van der Waals surface area (Å²) in [5.41, 5.74) is 4.99. The number of carbonyl (C=O) groups excluding carboxylic acids is 3. The van der Waals surface area contributed by atoms with Gasteiger partial charge in [0.15, 0.2) is 0 Å². The molecule has 8 rings (SSSR count). The lowest BCUT2D eigenvalue weighted by Gasteiger charge is -2.57. The van der Waals surface area contributed by atoms with Crippen molar-refractivity contribution in [1.82, 2.24) is 9.88 Å². The topological polar surface area (TPSA) is 80.6 Å². The predicted octanol–water partition coefficient (Wildman–Crippen LogP) is 6.89. The molecule has 1 aromatic heterocycles. The molecule has 5 aliphatic rings. The van der Waals surface area contributed by atoms with Gasteiger partial charge in [-0.2, -0.15) is 0 Å².